The molecule has 144 valence electrons. The summed E-state index contributed by atoms with van der Waals surface area (Å²) in [6.07, 6.45) is 3.54. The van der Waals surface area contributed by atoms with Crippen molar-refractivity contribution in [3.8, 4) is 0 Å². The third-order valence-corrected chi connectivity index (χ3v) is 4.51. The molecule has 2 aromatic rings. The number of amides is 1. The quantitative estimate of drug-likeness (QED) is 0.639. The second kappa shape index (κ2) is 7.83. The number of primary amides is 1. The van der Waals surface area contributed by atoms with Crippen LogP contribution in [0.4, 0.5) is 30.5 Å². The normalized spacial score (nSPS) is 19.6. The maximum Gasteiger partial charge on any atom is 0.252 e. The second-order valence-electron chi connectivity index (χ2n) is 6.56. The van der Waals surface area contributed by atoms with E-state index in [4.69, 9.17) is 11.5 Å². The van der Waals surface area contributed by atoms with Crippen LogP contribution in [0.15, 0.2) is 24.3 Å². The van der Waals surface area contributed by atoms with Crippen molar-refractivity contribution in [3.63, 3.8) is 0 Å². The molecule has 1 amide bonds. The number of halogens is 3. The zero-order valence-corrected chi connectivity index (χ0v) is 14.4. The number of carbonyl (C=O) groups excluding carboxylic acids is 1. The number of rotatable bonds is 5. The van der Waals surface area contributed by atoms with Gasteiger partial charge in [0.1, 0.15) is 17.5 Å². The number of nitrogens with one attached hydrogen (secondary N) is 2. The Kier molecular flexibility index (Phi) is 5.50. The fourth-order valence-electron chi connectivity index (χ4n) is 3.15. The van der Waals surface area contributed by atoms with Crippen molar-refractivity contribution in [1.29, 1.82) is 0 Å². The van der Waals surface area contributed by atoms with Gasteiger partial charge in [0.2, 0.25) is 0 Å². The summed E-state index contributed by atoms with van der Waals surface area (Å²) in [5.74, 6) is -3.54. The van der Waals surface area contributed by atoms with Crippen molar-refractivity contribution in [1.82, 2.24) is 4.98 Å². The second-order valence-corrected chi connectivity index (χ2v) is 6.56. The highest BCUT2D eigenvalue weighted by atomic mass is 19.1. The molecule has 1 saturated carbocycles. The number of pyridine rings is 1. The SMILES string of the molecule is NC(=O)c1cc(F)c(N[C@@H]2CCCC[C@@H]2N)nc1Nc1cc(F)cc(F)c1. The summed E-state index contributed by atoms with van der Waals surface area (Å²) in [4.78, 5) is 15.7. The van der Waals surface area contributed by atoms with Crippen LogP contribution in [0.2, 0.25) is 0 Å². The molecule has 0 spiro atoms. The van der Waals surface area contributed by atoms with Gasteiger partial charge >= 0.3 is 0 Å². The van der Waals surface area contributed by atoms with Crippen LogP contribution in [0, 0.1) is 17.5 Å². The van der Waals surface area contributed by atoms with Crippen molar-refractivity contribution in [2.45, 2.75) is 37.8 Å². The topological polar surface area (TPSA) is 106 Å². The van der Waals surface area contributed by atoms with Gasteiger partial charge < -0.3 is 22.1 Å². The fourth-order valence-corrected chi connectivity index (χ4v) is 3.15. The number of benzene rings is 1. The van der Waals surface area contributed by atoms with Crippen molar-refractivity contribution in [2.24, 2.45) is 11.5 Å². The molecule has 1 aliphatic carbocycles. The zero-order valence-electron chi connectivity index (χ0n) is 14.4. The fraction of sp³-hybridized carbons (Fsp3) is 0.333. The van der Waals surface area contributed by atoms with Gasteiger partial charge in [0.25, 0.3) is 5.91 Å². The molecular formula is C18H20F3N5O. The first-order valence-electron chi connectivity index (χ1n) is 8.59. The summed E-state index contributed by atoms with van der Waals surface area (Å²) in [7, 11) is 0. The van der Waals surface area contributed by atoms with E-state index >= 15 is 0 Å². The molecule has 3 rings (SSSR count). The summed E-state index contributed by atoms with van der Waals surface area (Å²) in [6, 6.07) is 3.36. The van der Waals surface area contributed by atoms with Crippen LogP contribution < -0.4 is 22.1 Å². The first-order valence-corrected chi connectivity index (χ1v) is 8.59. The minimum absolute atomic E-state index is 0.00873. The molecular weight excluding hydrogens is 359 g/mol. The van der Waals surface area contributed by atoms with Gasteiger partial charge in [-0.05, 0) is 31.0 Å². The standard InChI is InChI=1S/C18H20F3N5O/c19-9-5-10(20)7-11(6-9)24-17-12(16(23)27)8-13(21)18(26-17)25-15-4-2-1-3-14(15)22/h5-8,14-15H,1-4,22H2,(H2,23,27)(H2,24,25,26)/t14-,15+/m0/s1. The van der Waals surface area contributed by atoms with Gasteiger partial charge in [-0.3, -0.25) is 4.79 Å². The highest BCUT2D eigenvalue weighted by Crippen LogP contribution is 2.27. The van der Waals surface area contributed by atoms with E-state index in [1.807, 2.05) is 0 Å². The molecule has 27 heavy (non-hydrogen) atoms. The van der Waals surface area contributed by atoms with Crippen LogP contribution in [0.3, 0.4) is 0 Å². The predicted octanol–water partition coefficient (Wildman–Crippen LogP) is 3.02. The molecule has 0 unspecified atom stereocenters. The Morgan fingerprint density at radius 2 is 1.70 bits per heavy atom. The van der Waals surface area contributed by atoms with Crippen LogP contribution >= 0.6 is 0 Å². The molecule has 1 fully saturated rings. The van der Waals surface area contributed by atoms with E-state index in [-0.39, 0.29) is 35.0 Å². The Morgan fingerprint density at radius 3 is 2.33 bits per heavy atom. The van der Waals surface area contributed by atoms with Crippen molar-refractivity contribution >= 4 is 23.2 Å². The van der Waals surface area contributed by atoms with E-state index in [9.17, 15) is 18.0 Å². The molecule has 1 heterocycles. The average molecular weight is 379 g/mol. The van der Waals surface area contributed by atoms with Crippen LogP contribution in [-0.2, 0) is 0 Å². The average Bonchev–Trinajstić information content (AvgIpc) is 2.58. The van der Waals surface area contributed by atoms with Crippen molar-refractivity contribution in [2.75, 3.05) is 10.6 Å². The third kappa shape index (κ3) is 4.48. The van der Waals surface area contributed by atoms with E-state index in [0.29, 0.717) is 6.07 Å². The van der Waals surface area contributed by atoms with Gasteiger partial charge in [0.15, 0.2) is 11.6 Å². The molecule has 0 saturated heterocycles. The minimum atomic E-state index is -0.929. The summed E-state index contributed by atoms with van der Waals surface area (Å²) in [5.41, 5.74) is 11.1. The molecule has 0 bridgehead atoms. The molecule has 9 heteroatoms. The molecule has 0 aliphatic heterocycles. The molecule has 1 aromatic carbocycles. The first kappa shape index (κ1) is 19.0. The molecule has 6 nitrogen and oxygen atoms in total. The van der Waals surface area contributed by atoms with E-state index in [0.717, 1.165) is 43.9 Å². The van der Waals surface area contributed by atoms with Gasteiger partial charge in [0, 0.05) is 23.8 Å². The van der Waals surface area contributed by atoms with Crippen LogP contribution in [0.25, 0.3) is 0 Å². The summed E-state index contributed by atoms with van der Waals surface area (Å²) >= 11 is 0. The lowest BCUT2D eigenvalue weighted by molar-refractivity contribution is 0.100. The highest BCUT2D eigenvalue weighted by Gasteiger charge is 2.24. The minimum Gasteiger partial charge on any atom is -0.365 e. The Morgan fingerprint density at radius 1 is 1.04 bits per heavy atom. The Labute approximate surface area is 154 Å². The number of hydrogen-bond donors (Lipinski definition) is 4. The van der Waals surface area contributed by atoms with Crippen molar-refractivity contribution in [3.05, 3.63) is 47.3 Å². The number of nitrogens with two attached hydrogens (primary N) is 2. The predicted molar refractivity (Wildman–Crippen MR) is 96.2 cm³/mol. The number of aromatic nitrogens is 1. The van der Waals surface area contributed by atoms with E-state index in [1.54, 1.807) is 0 Å². The maximum absolute atomic E-state index is 14.4. The number of nitrogens with zero attached hydrogens (tertiary/aromatic N) is 1. The largest absolute Gasteiger partial charge is 0.365 e. The molecule has 0 radical (unpaired) electrons. The number of hydrogen-bond acceptors (Lipinski definition) is 5. The number of carbonyl (C=O) groups is 1. The van der Waals surface area contributed by atoms with E-state index < -0.39 is 23.4 Å². The zero-order chi connectivity index (χ0) is 19.6. The highest BCUT2D eigenvalue weighted by molar-refractivity contribution is 5.98. The van der Waals surface area contributed by atoms with Crippen molar-refractivity contribution < 1.29 is 18.0 Å². The van der Waals surface area contributed by atoms with Gasteiger partial charge in [-0.1, -0.05) is 12.8 Å². The first-order chi connectivity index (χ1) is 12.8. The Bertz CT molecular complexity index is 841. The van der Waals surface area contributed by atoms with Crippen LogP contribution in [0.5, 0.6) is 0 Å². The lowest BCUT2D eigenvalue weighted by atomic mass is 9.91. The molecule has 1 aliphatic rings. The maximum atomic E-state index is 14.4. The van der Waals surface area contributed by atoms with Crippen LogP contribution in [-0.4, -0.2) is 23.0 Å². The monoisotopic (exact) mass is 379 g/mol. The Hall–Kier alpha value is -2.81. The Balaban J connectivity index is 1.94. The van der Waals surface area contributed by atoms with E-state index in [2.05, 4.69) is 15.6 Å². The molecule has 6 N–H and O–H groups in total. The van der Waals surface area contributed by atoms with Crippen LogP contribution in [0.1, 0.15) is 36.0 Å². The summed E-state index contributed by atoms with van der Waals surface area (Å²) in [6.45, 7) is 0. The van der Waals surface area contributed by atoms with Gasteiger partial charge in [-0.25, -0.2) is 18.2 Å². The van der Waals surface area contributed by atoms with Gasteiger partial charge in [0.05, 0.1) is 5.56 Å². The smallest absolute Gasteiger partial charge is 0.252 e. The summed E-state index contributed by atoms with van der Waals surface area (Å²) < 4.78 is 41.2. The number of anilines is 3. The molecule has 1 aromatic heterocycles. The van der Waals surface area contributed by atoms with E-state index in [1.165, 1.54) is 0 Å². The van der Waals surface area contributed by atoms with Gasteiger partial charge in [-0.2, -0.15) is 0 Å². The van der Waals surface area contributed by atoms with Gasteiger partial charge in [-0.15, -0.1) is 0 Å². The molecule has 2 atom stereocenters. The third-order valence-electron chi connectivity index (χ3n) is 4.51. The lowest BCUT2D eigenvalue weighted by Gasteiger charge is -2.30. The lowest BCUT2D eigenvalue weighted by Crippen LogP contribution is -2.43. The summed E-state index contributed by atoms with van der Waals surface area (Å²) in [5, 5.41) is 5.58.